The first-order chi connectivity index (χ1) is 11.0. The van der Waals surface area contributed by atoms with Crippen molar-refractivity contribution < 1.29 is 9.53 Å². The van der Waals surface area contributed by atoms with E-state index in [0.717, 1.165) is 13.7 Å². The van der Waals surface area contributed by atoms with Gasteiger partial charge >= 0.3 is 23.0 Å². The molecule has 0 amide bonds. The molecule has 1 aromatic heterocycles. The molecule has 0 atom stereocenters. The van der Waals surface area contributed by atoms with Crippen LogP contribution in [0.4, 0.5) is 0 Å². The van der Waals surface area contributed by atoms with Crippen LogP contribution in [0.2, 0.25) is 0 Å². The Morgan fingerprint density at radius 3 is 1.78 bits per heavy atom. The average Bonchev–Trinajstić information content (AvgIpc) is 2.51. The van der Waals surface area contributed by atoms with Crippen molar-refractivity contribution in [2.45, 2.75) is 26.1 Å². The zero-order valence-corrected chi connectivity index (χ0v) is 12.8. The van der Waals surface area contributed by atoms with E-state index in [2.05, 4.69) is 19.7 Å². The number of ether oxygens (including phenoxy) is 1. The van der Waals surface area contributed by atoms with Crippen molar-refractivity contribution >= 4 is 5.97 Å². The standard InChI is InChI=1S/C15H19N3O5/c1-4-7-12(19)23-11-10-18-14(21)16(8-5-2)13(20)17(9-6-3)15(18)22/h4-6H,1-3,7-11H2. The Labute approximate surface area is 132 Å². The van der Waals surface area contributed by atoms with Gasteiger partial charge in [0.1, 0.15) is 6.61 Å². The summed E-state index contributed by atoms with van der Waals surface area (Å²) in [6.07, 6.45) is 4.17. The molecule has 0 spiro atoms. The maximum Gasteiger partial charge on any atom is 0.336 e. The number of carbonyl (C=O) groups is 1. The minimum absolute atomic E-state index is 0.0333. The second-order valence-corrected chi connectivity index (χ2v) is 4.51. The van der Waals surface area contributed by atoms with Crippen molar-refractivity contribution in [2.24, 2.45) is 0 Å². The van der Waals surface area contributed by atoms with E-state index >= 15 is 0 Å². The lowest BCUT2D eigenvalue weighted by Gasteiger charge is -2.12. The Balaban J connectivity index is 3.22. The predicted octanol–water partition coefficient (Wildman–Crippen LogP) is -0.337. The molecule has 0 N–H and O–H groups in total. The van der Waals surface area contributed by atoms with E-state index in [1.54, 1.807) is 0 Å². The maximum absolute atomic E-state index is 12.2. The van der Waals surface area contributed by atoms with Gasteiger partial charge in [-0.15, -0.1) is 19.7 Å². The van der Waals surface area contributed by atoms with Crippen LogP contribution in [0.5, 0.6) is 0 Å². The van der Waals surface area contributed by atoms with E-state index in [-0.39, 0.29) is 32.7 Å². The van der Waals surface area contributed by atoms with Gasteiger partial charge < -0.3 is 4.74 Å². The number of rotatable bonds is 9. The third kappa shape index (κ3) is 4.29. The molecule has 8 heteroatoms. The van der Waals surface area contributed by atoms with Crippen LogP contribution in [0.15, 0.2) is 52.3 Å². The molecule has 0 fully saturated rings. The Kier molecular flexibility index (Phi) is 6.72. The molecular weight excluding hydrogens is 302 g/mol. The molecule has 0 aliphatic carbocycles. The third-order valence-electron chi connectivity index (χ3n) is 2.90. The first kappa shape index (κ1) is 18.1. The van der Waals surface area contributed by atoms with Gasteiger partial charge in [-0.05, 0) is 0 Å². The summed E-state index contributed by atoms with van der Waals surface area (Å²) in [5, 5.41) is 0. The van der Waals surface area contributed by atoms with Crippen LogP contribution in [-0.2, 0) is 29.2 Å². The van der Waals surface area contributed by atoms with Crippen LogP contribution >= 0.6 is 0 Å². The van der Waals surface area contributed by atoms with Crippen LogP contribution in [-0.4, -0.2) is 26.3 Å². The lowest BCUT2D eigenvalue weighted by atomic mass is 10.4. The summed E-state index contributed by atoms with van der Waals surface area (Å²) in [6.45, 7) is 9.96. The van der Waals surface area contributed by atoms with Gasteiger partial charge in [0.25, 0.3) is 0 Å². The van der Waals surface area contributed by atoms with Gasteiger partial charge in [-0.3, -0.25) is 4.79 Å². The van der Waals surface area contributed by atoms with Gasteiger partial charge in [0, 0.05) is 0 Å². The largest absolute Gasteiger partial charge is 0.464 e. The van der Waals surface area contributed by atoms with Gasteiger partial charge in [0.05, 0.1) is 26.1 Å². The summed E-state index contributed by atoms with van der Waals surface area (Å²) in [4.78, 5) is 47.9. The zero-order valence-electron chi connectivity index (χ0n) is 12.8. The predicted molar refractivity (Wildman–Crippen MR) is 85.4 cm³/mol. The average molecular weight is 321 g/mol. The Morgan fingerprint density at radius 1 is 0.870 bits per heavy atom. The molecule has 0 unspecified atom stereocenters. The first-order valence-electron chi connectivity index (χ1n) is 6.90. The van der Waals surface area contributed by atoms with Crippen LogP contribution in [0.25, 0.3) is 0 Å². The highest BCUT2D eigenvalue weighted by molar-refractivity contribution is 5.70. The smallest absolute Gasteiger partial charge is 0.336 e. The first-order valence-corrected chi connectivity index (χ1v) is 6.90. The number of hydrogen-bond donors (Lipinski definition) is 0. The van der Waals surface area contributed by atoms with Crippen LogP contribution in [0, 0.1) is 0 Å². The molecule has 0 bridgehead atoms. The summed E-state index contributed by atoms with van der Waals surface area (Å²) in [5.74, 6) is -0.515. The topological polar surface area (TPSA) is 92.3 Å². The number of esters is 1. The van der Waals surface area contributed by atoms with Crippen LogP contribution in [0.1, 0.15) is 6.42 Å². The lowest BCUT2D eigenvalue weighted by molar-refractivity contribution is -0.142. The molecule has 0 aliphatic heterocycles. The Hall–Kier alpha value is -2.90. The van der Waals surface area contributed by atoms with Crippen molar-refractivity contribution in [3.63, 3.8) is 0 Å². The van der Waals surface area contributed by atoms with Crippen molar-refractivity contribution in [1.29, 1.82) is 0 Å². The summed E-state index contributed by atoms with van der Waals surface area (Å²) < 4.78 is 7.48. The van der Waals surface area contributed by atoms with Gasteiger partial charge in [-0.25, -0.2) is 28.1 Å². The van der Waals surface area contributed by atoms with Gasteiger partial charge in [0.2, 0.25) is 0 Å². The van der Waals surface area contributed by atoms with E-state index < -0.39 is 23.0 Å². The van der Waals surface area contributed by atoms with E-state index in [1.165, 1.54) is 18.2 Å². The van der Waals surface area contributed by atoms with Crippen molar-refractivity contribution in [3.05, 3.63) is 69.4 Å². The highest BCUT2D eigenvalue weighted by Gasteiger charge is 2.14. The Bertz CT molecular complexity index is 734. The fraction of sp³-hybridized carbons (Fsp3) is 0.333. The minimum atomic E-state index is -0.778. The van der Waals surface area contributed by atoms with Crippen molar-refractivity contribution in [1.82, 2.24) is 13.7 Å². The van der Waals surface area contributed by atoms with Gasteiger partial charge in [-0.2, -0.15) is 0 Å². The normalized spacial score (nSPS) is 10.1. The number of aromatic nitrogens is 3. The Morgan fingerprint density at radius 2 is 1.35 bits per heavy atom. The molecule has 0 aromatic carbocycles. The molecule has 0 radical (unpaired) electrons. The molecule has 23 heavy (non-hydrogen) atoms. The number of hydrogen-bond acceptors (Lipinski definition) is 5. The van der Waals surface area contributed by atoms with Crippen molar-refractivity contribution in [2.75, 3.05) is 6.61 Å². The molecule has 0 aliphatic rings. The molecular formula is C15H19N3O5. The third-order valence-corrected chi connectivity index (χ3v) is 2.90. The highest BCUT2D eigenvalue weighted by Crippen LogP contribution is 1.87. The summed E-state index contributed by atoms with van der Waals surface area (Å²) in [6, 6.07) is 0. The van der Waals surface area contributed by atoms with E-state index in [1.807, 2.05) is 0 Å². The fourth-order valence-corrected chi connectivity index (χ4v) is 1.87. The highest BCUT2D eigenvalue weighted by atomic mass is 16.5. The second kappa shape index (κ2) is 8.52. The molecule has 0 saturated carbocycles. The van der Waals surface area contributed by atoms with Crippen molar-refractivity contribution in [3.8, 4) is 0 Å². The minimum Gasteiger partial charge on any atom is -0.464 e. The molecule has 1 aromatic rings. The molecule has 0 saturated heterocycles. The number of nitrogens with zero attached hydrogens (tertiary/aromatic N) is 3. The van der Waals surface area contributed by atoms with Gasteiger partial charge in [0.15, 0.2) is 0 Å². The lowest BCUT2D eigenvalue weighted by Crippen LogP contribution is -2.54. The van der Waals surface area contributed by atoms with Crippen LogP contribution in [0.3, 0.4) is 0 Å². The quantitative estimate of drug-likeness (QED) is 0.458. The maximum atomic E-state index is 12.2. The summed E-state index contributed by atoms with van der Waals surface area (Å²) >= 11 is 0. The SMILES string of the molecule is C=CCC(=O)OCCn1c(=O)n(CC=C)c(=O)n(CC=C)c1=O. The van der Waals surface area contributed by atoms with Crippen LogP contribution < -0.4 is 17.1 Å². The summed E-state index contributed by atoms with van der Waals surface area (Å²) in [7, 11) is 0. The summed E-state index contributed by atoms with van der Waals surface area (Å²) in [5.41, 5.74) is -2.29. The molecule has 8 nitrogen and oxygen atoms in total. The second-order valence-electron chi connectivity index (χ2n) is 4.51. The van der Waals surface area contributed by atoms with E-state index in [9.17, 15) is 19.2 Å². The molecule has 1 rings (SSSR count). The monoisotopic (exact) mass is 321 g/mol. The van der Waals surface area contributed by atoms with E-state index in [4.69, 9.17) is 4.74 Å². The molecule has 1 heterocycles. The molecule has 124 valence electrons. The number of allylic oxidation sites excluding steroid dienone is 2. The van der Waals surface area contributed by atoms with E-state index in [0.29, 0.717) is 0 Å². The zero-order chi connectivity index (χ0) is 17.4. The van der Waals surface area contributed by atoms with Gasteiger partial charge in [-0.1, -0.05) is 18.2 Å². The fourth-order valence-electron chi connectivity index (χ4n) is 1.87. The number of carbonyl (C=O) groups excluding carboxylic acids is 1.